The summed E-state index contributed by atoms with van der Waals surface area (Å²) in [5, 5.41) is 2.76. The zero-order chi connectivity index (χ0) is 12.1. The lowest BCUT2D eigenvalue weighted by atomic mass is 10.3. The van der Waals surface area contributed by atoms with Gasteiger partial charge in [-0.25, -0.2) is 0 Å². The average molecular weight is 234 g/mol. The van der Waals surface area contributed by atoms with E-state index in [1.165, 1.54) is 12.8 Å². The molecule has 0 atom stereocenters. The Balaban J connectivity index is 1.76. The number of hydrogen-bond donors (Lipinski definition) is 2. The van der Waals surface area contributed by atoms with Crippen LogP contribution >= 0.6 is 0 Å². The van der Waals surface area contributed by atoms with Crippen LogP contribution in [0, 0.1) is 0 Å². The molecular formula is C13H18N2O2. The summed E-state index contributed by atoms with van der Waals surface area (Å²) in [6.07, 6.45) is 4.83. The van der Waals surface area contributed by atoms with Crippen molar-refractivity contribution in [2.24, 2.45) is 0 Å². The fourth-order valence-electron chi connectivity index (χ4n) is 2.06. The van der Waals surface area contributed by atoms with Crippen molar-refractivity contribution in [3.05, 3.63) is 24.3 Å². The Morgan fingerprint density at radius 3 is 2.88 bits per heavy atom. The predicted molar refractivity (Wildman–Crippen MR) is 67.7 cm³/mol. The third-order valence-electron chi connectivity index (χ3n) is 2.92. The summed E-state index contributed by atoms with van der Waals surface area (Å²) in [5.74, 6) is -0.123. The summed E-state index contributed by atoms with van der Waals surface area (Å²) < 4.78 is 5.52. The molecule has 1 saturated carbocycles. The number of carbonyl (C=O) groups is 1. The molecular weight excluding hydrogens is 216 g/mol. The van der Waals surface area contributed by atoms with Crippen molar-refractivity contribution < 1.29 is 9.53 Å². The summed E-state index contributed by atoms with van der Waals surface area (Å²) >= 11 is 0. The van der Waals surface area contributed by atoms with Crippen molar-refractivity contribution in [3.8, 4) is 0 Å². The van der Waals surface area contributed by atoms with Crippen molar-refractivity contribution in [1.29, 1.82) is 0 Å². The maximum Gasteiger partial charge on any atom is 0.250 e. The number of amides is 1. The summed E-state index contributed by atoms with van der Waals surface area (Å²) in [4.78, 5) is 11.6. The molecule has 4 heteroatoms. The maximum atomic E-state index is 11.6. The van der Waals surface area contributed by atoms with Crippen LogP contribution in [0.15, 0.2) is 24.3 Å². The molecule has 0 unspecified atom stereocenters. The smallest absolute Gasteiger partial charge is 0.250 e. The van der Waals surface area contributed by atoms with Crippen LogP contribution in [0.2, 0.25) is 0 Å². The maximum absolute atomic E-state index is 11.6. The summed E-state index contributed by atoms with van der Waals surface area (Å²) in [7, 11) is 0. The Morgan fingerprint density at radius 1 is 1.41 bits per heavy atom. The van der Waals surface area contributed by atoms with E-state index in [-0.39, 0.29) is 18.6 Å². The number of rotatable bonds is 4. The molecule has 92 valence electrons. The van der Waals surface area contributed by atoms with Gasteiger partial charge in [0.1, 0.15) is 6.61 Å². The van der Waals surface area contributed by atoms with Crippen LogP contribution in [0.4, 0.5) is 11.4 Å². The Hall–Kier alpha value is -1.55. The van der Waals surface area contributed by atoms with Gasteiger partial charge in [0.25, 0.3) is 0 Å². The van der Waals surface area contributed by atoms with Gasteiger partial charge in [-0.2, -0.15) is 0 Å². The van der Waals surface area contributed by atoms with E-state index in [0.29, 0.717) is 11.4 Å². The van der Waals surface area contributed by atoms with E-state index in [0.717, 1.165) is 12.8 Å². The van der Waals surface area contributed by atoms with Gasteiger partial charge in [-0.15, -0.1) is 0 Å². The SMILES string of the molecule is Nc1cccc(NC(=O)COC2CCCC2)c1. The zero-order valence-electron chi connectivity index (χ0n) is 9.82. The lowest BCUT2D eigenvalue weighted by Crippen LogP contribution is -2.21. The fourth-order valence-corrected chi connectivity index (χ4v) is 2.06. The Morgan fingerprint density at radius 2 is 2.18 bits per heavy atom. The van der Waals surface area contributed by atoms with Gasteiger partial charge in [0.15, 0.2) is 0 Å². The molecule has 0 aliphatic heterocycles. The highest BCUT2D eigenvalue weighted by Gasteiger charge is 2.16. The normalized spacial score (nSPS) is 16.0. The molecule has 1 amide bonds. The summed E-state index contributed by atoms with van der Waals surface area (Å²) in [5.41, 5.74) is 6.98. The van der Waals surface area contributed by atoms with Gasteiger partial charge in [0, 0.05) is 11.4 Å². The van der Waals surface area contributed by atoms with Crippen molar-refractivity contribution in [1.82, 2.24) is 0 Å². The molecule has 4 nitrogen and oxygen atoms in total. The number of carbonyl (C=O) groups excluding carboxylic acids is 1. The number of anilines is 2. The molecule has 0 bridgehead atoms. The molecule has 0 spiro atoms. The first-order chi connectivity index (χ1) is 8.24. The Bertz CT molecular complexity index is 387. The monoisotopic (exact) mass is 234 g/mol. The first-order valence-corrected chi connectivity index (χ1v) is 6.01. The van der Waals surface area contributed by atoms with Gasteiger partial charge >= 0.3 is 0 Å². The van der Waals surface area contributed by atoms with Crippen LogP contribution < -0.4 is 11.1 Å². The van der Waals surface area contributed by atoms with Gasteiger partial charge in [0.05, 0.1) is 6.10 Å². The van der Waals surface area contributed by atoms with Gasteiger partial charge in [-0.3, -0.25) is 4.79 Å². The molecule has 2 rings (SSSR count). The number of nitrogen functional groups attached to an aromatic ring is 1. The lowest BCUT2D eigenvalue weighted by molar-refractivity contribution is -0.122. The van der Waals surface area contributed by atoms with E-state index in [4.69, 9.17) is 10.5 Å². The second kappa shape index (κ2) is 5.68. The summed E-state index contributed by atoms with van der Waals surface area (Å²) in [6.45, 7) is 0.124. The average Bonchev–Trinajstić information content (AvgIpc) is 2.79. The third-order valence-corrected chi connectivity index (χ3v) is 2.92. The van der Waals surface area contributed by atoms with Crippen LogP contribution in [0.25, 0.3) is 0 Å². The van der Waals surface area contributed by atoms with Crippen LogP contribution in [-0.4, -0.2) is 18.6 Å². The fraction of sp³-hybridized carbons (Fsp3) is 0.462. The van der Waals surface area contributed by atoms with E-state index in [1.54, 1.807) is 12.1 Å². The second-order valence-electron chi connectivity index (χ2n) is 4.39. The van der Waals surface area contributed by atoms with Crippen LogP contribution in [0.1, 0.15) is 25.7 Å². The Kier molecular flexibility index (Phi) is 3.98. The minimum atomic E-state index is -0.123. The zero-order valence-corrected chi connectivity index (χ0v) is 9.82. The summed E-state index contributed by atoms with van der Waals surface area (Å²) in [6, 6.07) is 7.13. The van der Waals surface area contributed by atoms with E-state index < -0.39 is 0 Å². The minimum absolute atomic E-state index is 0.123. The number of nitrogens with two attached hydrogens (primary N) is 1. The molecule has 0 radical (unpaired) electrons. The van der Waals surface area contributed by atoms with Crippen molar-refractivity contribution in [3.63, 3.8) is 0 Å². The highest BCUT2D eigenvalue weighted by atomic mass is 16.5. The van der Waals surface area contributed by atoms with Gasteiger partial charge in [-0.1, -0.05) is 18.9 Å². The molecule has 1 fully saturated rings. The lowest BCUT2D eigenvalue weighted by Gasteiger charge is -2.11. The van der Waals surface area contributed by atoms with E-state index in [1.807, 2.05) is 12.1 Å². The van der Waals surface area contributed by atoms with Crippen LogP contribution in [0.5, 0.6) is 0 Å². The molecule has 17 heavy (non-hydrogen) atoms. The molecule has 1 aromatic carbocycles. The number of hydrogen-bond acceptors (Lipinski definition) is 3. The first kappa shape index (κ1) is 11.9. The van der Waals surface area contributed by atoms with Crippen molar-refractivity contribution in [2.75, 3.05) is 17.7 Å². The standard InChI is InChI=1S/C13H18N2O2/c14-10-4-3-5-11(8-10)15-13(16)9-17-12-6-1-2-7-12/h3-5,8,12H,1-2,6-7,9,14H2,(H,15,16). The van der Waals surface area contributed by atoms with Gasteiger partial charge in [-0.05, 0) is 31.0 Å². The number of benzene rings is 1. The van der Waals surface area contributed by atoms with Gasteiger partial charge in [0.2, 0.25) is 5.91 Å². The quantitative estimate of drug-likeness (QED) is 0.785. The van der Waals surface area contributed by atoms with Crippen molar-refractivity contribution in [2.45, 2.75) is 31.8 Å². The molecule has 1 aromatic rings. The highest BCUT2D eigenvalue weighted by molar-refractivity contribution is 5.92. The van der Waals surface area contributed by atoms with Crippen molar-refractivity contribution >= 4 is 17.3 Å². The Labute approximate surface area is 101 Å². The third kappa shape index (κ3) is 3.75. The predicted octanol–water partition coefficient (Wildman–Crippen LogP) is 2.17. The number of nitrogens with one attached hydrogen (secondary N) is 1. The first-order valence-electron chi connectivity index (χ1n) is 6.01. The van der Waals surface area contributed by atoms with Gasteiger partial charge < -0.3 is 15.8 Å². The highest BCUT2D eigenvalue weighted by Crippen LogP contribution is 2.20. The minimum Gasteiger partial charge on any atom is -0.399 e. The molecule has 1 aliphatic carbocycles. The topological polar surface area (TPSA) is 64.3 Å². The van der Waals surface area contributed by atoms with Crippen LogP contribution in [-0.2, 0) is 9.53 Å². The van der Waals surface area contributed by atoms with E-state index in [9.17, 15) is 4.79 Å². The molecule has 3 N–H and O–H groups in total. The van der Waals surface area contributed by atoms with Crippen LogP contribution in [0.3, 0.4) is 0 Å². The number of ether oxygens (including phenoxy) is 1. The molecule has 0 heterocycles. The largest absolute Gasteiger partial charge is 0.399 e. The van der Waals surface area contributed by atoms with E-state index >= 15 is 0 Å². The second-order valence-corrected chi connectivity index (χ2v) is 4.39. The van der Waals surface area contributed by atoms with E-state index in [2.05, 4.69) is 5.32 Å². The molecule has 0 saturated heterocycles. The molecule has 1 aliphatic rings. The molecule has 0 aromatic heterocycles.